The maximum atomic E-state index is 12.8. The van der Waals surface area contributed by atoms with Gasteiger partial charge < -0.3 is 19.5 Å². The second-order valence-electron chi connectivity index (χ2n) is 6.63. The first-order chi connectivity index (χ1) is 13.5. The zero-order chi connectivity index (χ0) is 20.3. The van der Waals surface area contributed by atoms with Crippen LogP contribution in [0.25, 0.3) is 5.76 Å². The maximum absolute atomic E-state index is 12.8. The van der Waals surface area contributed by atoms with Gasteiger partial charge in [0.1, 0.15) is 11.5 Å². The van der Waals surface area contributed by atoms with Crippen LogP contribution in [0.1, 0.15) is 22.7 Å². The molecule has 0 aliphatic carbocycles. The molecule has 1 fully saturated rings. The fourth-order valence-corrected chi connectivity index (χ4v) is 3.33. The van der Waals surface area contributed by atoms with Crippen molar-refractivity contribution in [2.75, 3.05) is 27.4 Å². The van der Waals surface area contributed by atoms with Gasteiger partial charge in [0.2, 0.25) is 0 Å². The van der Waals surface area contributed by atoms with Gasteiger partial charge in [-0.3, -0.25) is 9.59 Å². The Hall–Kier alpha value is -3.12. The normalized spacial score (nSPS) is 18.5. The monoisotopic (exact) mass is 381 g/mol. The van der Waals surface area contributed by atoms with Crippen molar-refractivity contribution in [2.45, 2.75) is 13.0 Å². The highest BCUT2D eigenvalue weighted by atomic mass is 16.5. The summed E-state index contributed by atoms with van der Waals surface area (Å²) in [5.74, 6) is -0.947. The fourth-order valence-electron chi connectivity index (χ4n) is 3.33. The summed E-state index contributed by atoms with van der Waals surface area (Å²) < 4.78 is 10.4. The van der Waals surface area contributed by atoms with E-state index in [-0.39, 0.29) is 24.5 Å². The first-order valence-corrected chi connectivity index (χ1v) is 8.96. The summed E-state index contributed by atoms with van der Waals surface area (Å²) >= 11 is 0. The van der Waals surface area contributed by atoms with Crippen LogP contribution in [0, 0.1) is 6.92 Å². The number of aryl methyl sites for hydroxylation is 1. The third-order valence-electron chi connectivity index (χ3n) is 4.81. The lowest BCUT2D eigenvalue weighted by Crippen LogP contribution is -2.32. The lowest BCUT2D eigenvalue weighted by atomic mass is 9.95. The Balaban J connectivity index is 2.16. The van der Waals surface area contributed by atoms with E-state index in [1.54, 1.807) is 43.5 Å². The topological polar surface area (TPSA) is 76.1 Å². The Labute approximate surface area is 164 Å². The second-order valence-corrected chi connectivity index (χ2v) is 6.63. The van der Waals surface area contributed by atoms with E-state index in [0.717, 1.165) is 5.56 Å². The number of Topliss-reactive ketones (excluding diaryl/α,β-unsaturated/α-hetero) is 1. The Morgan fingerprint density at radius 1 is 1.11 bits per heavy atom. The number of benzene rings is 2. The molecule has 1 aliphatic heterocycles. The van der Waals surface area contributed by atoms with Crippen LogP contribution in [0.3, 0.4) is 0 Å². The van der Waals surface area contributed by atoms with Gasteiger partial charge in [-0.15, -0.1) is 0 Å². The Morgan fingerprint density at radius 3 is 2.46 bits per heavy atom. The molecule has 0 saturated carbocycles. The number of amides is 1. The van der Waals surface area contributed by atoms with Crippen molar-refractivity contribution in [3.8, 4) is 5.75 Å². The van der Waals surface area contributed by atoms with Crippen LogP contribution in [-0.4, -0.2) is 49.1 Å². The summed E-state index contributed by atoms with van der Waals surface area (Å²) in [7, 11) is 3.08. The van der Waals surface area contributed by atoms with E-state index in [1.165, 1.54) is 12.0 Å². The highest BCUT2D eigenvalue weighted by Crippen LogP contribution is 2.40. The van der Waals surface area contributed by atoms with Crippen molar-refractivity contribution in [3.63, 3.8) is 0 Å². The van der Waals surface area contributed by atoms with E-state index in [0.29, 0.717) is 16.9 Å². The minimum Gasteiger partial charge on any atom is -0.507 e. The van der Waals surface area contributed by atoms with Gasteiger partial charge in [0.25, 0.3) is 11.7 Å². The molecule has 1 aliphatic rings. The average Bonchev–Trinajstić information content (AvgIpc) is 2.97. The molecule has 1 amide bonds. The first-order valence-electron chi connectivity index (χ1n) is 8.96. The van der Waals surface area contributed by atoms with Gasteiger partial charge in [-0.1, -0.05) is 42.0 Å². The quantitative estimate of drug-likeness (QED) is 0.473. The molecule has 0 aromatic heterocycles. The van der Waals surface area contributed by atoms with Crippen molar-refractivity contribution in [1.29, 1.82) is 0 Å². The van der Waals surface area contributed by atoms with E-state index in [4.69, 9.17) is 9.47 Å². The summed E-state index contributed by atoms with van der Waals surface area (Å²) in [5, 5.41) is 10.9. The minimum atomic E-state index is -0.716. The number of hydrogen-bond donors (Lipinski definition) is 1. The van der Waals surface area contributed by atoms with Gasteiger partial charge in [-0.2, -0.15) is 0 Å². The fraction of sp³-hybridized carbons (Fsp3) is 0.273. The highest BCUT2D eigenvalue weighted by molar-refractivity contribution is 6.46. The summed E-state index contributed by atoms with van der Waals surface area (Å²) in [6.07, 6.45) is 0. The summed E-state index contributed by atoms with van der Waals surface area (Å²) in [4.78, 5) is 26.9. The summed E-state index contributed by atoms with van der Waals surface area (Å²) in [6.45, 7) is 2.44. The molecule has 1 heterocycles. The van der Waals surface area contributed by atoms with E-state index < -0.39 is 17.7 Å². The third-order valence-corrected chi connectivity index (χ3v) is 4.81. The van der Waals surface area contributed by atoms with Gasteiger partial charge in [-0.05, 0) is 24.6 Å². The van der Waals surface area contributed by atoms with Gasteiger partial charge in [0, 0.05) is 19.2 Å². The van der Waals surface area contributed by atoms with Gasteiger partial charge >= 0.3 is 0 Å². The predicted molar refractivity (Wildman–Crippen MR) is 105 cm³/mol. The summed E-state index contributed by atoms with van der Waals surface area (Å²) in [6, 6.07) is 13.6. The molecule has 1 saturated heterocycles. The number of aliphatic hydroxyl groups excluding tert-OH is 1. The largest absolute Gasteiger partial charge is 0.507 e. The maximum Gasteiger partial charge on any atom is 0.295 e. The zero-order valence-electron chi connectivity index (χ0n) is 16.1. The number of aliphatic hydroxyl groups is 1. The first kappa shape index (κ1) is 19.6. The molecular weight excluding hydrogens is 358 g/mol. The zero-order valence-corrected chi connectivity index (χ0v) is 16.1. The van der Waals surface area contributed by atoms with Gasteiger partial charge in [0.05, 0.1) is 25.3 Å². The van der Waals surface area contributed by atoms with Crippen LogP contribution in [0.2, 0.25) is 0 Å². The van der Waals surface area contributed by atoms with Crippen LogP contribution in [0.5, 0.6) is 5.75 Å². The Kier molecular flexibility index (Phi) is 5.80. The predicted octanol–water partition coefficient (Wildman–Crippen LogP) is 3.07. The molecule has 0 unspecified atom stereocenters. The van der Waals surface area contributed by atoms with E-state index in [9.17, 15) is 14.7 Å². The number of ketones is 1. The van der Waals surface area contributed by atoms with Gasteiger partial charge in [0.15, 0.2) is 0 Å². The molecule has 6 nitrogen and oxygen atoms in total. The van der Waals surface area contributed by atoms with Crippen molar-refractivity contribution < 1.29 is 24.2 Å². The second kappa shape index (κ2) is 8.27. The number of ether oxygens (including phenoxy) is 2. The van der Waals surface area contributed by atoms with Crippen molar-refractivity contribution in [2.24, 2.45) is 0 Å². The van der Waals surface area contributed by atoms with E-state index >= 15 is 0 Å². The summed E-state index contributed by atoms with van der Waals surface area (Å²) in [5.41, 5.74) is 2.27. The van der Waals surface area contributed by atoms with Crippen molar-refractivity contribution in [3.05, 3.63) is 70.8 Å². The molecule has 3 rings (SSSR count). The molecule has 1 atom stereocenters. The van der Waals surface area contributed by atoms with Crippen molar-refractivity contribution in [1.82, 2.24) is 4.90 Å². The highest BCUT2D eigenvalue weighted by Gasteiger charge is 2.45. The van der Waals surface area contributed by atoms with Crippen LogP contribution in [0.15, 0.2) is 54.1 Å². The number of carbonyl (C=O) groups excluding carboxylic acids is 2. The molecular formula is C22H23NO5. The molecule has 0 spiro atoms. The lowest BCUT2D eigenvalue weighted by Gasteiger charge is -2.25. The van der Waals surface area contributed by atoms with Crippen LogP contribution >= 0.6 is 0 Å². The van der Waals surface area contributed by atoms with Crippen LogP contribution in [0.4, 0.5) is 0 Å². The Bertz CT molecular complexity index is 917. The van der Waals surface area contributed by atoms with Crippen molar-refractivity contribution >= 4 is 17.4 Å². The molecule has 1 N–H and O–H groups in total. The number of hydrogen-bond acceptors (Lipinski definition) is 5. The molecule has 2 aromatic rings. The standard InChI is InChI=1S/C22H23NO5/c1-14-7-9-15(10-8-14)20(24)18-19(16-5-4-6-17(13-16)28-3)23(11-12-27-2)22(26)21(18)25/h4-10,13,19,24H,11-12H2,1-3H3/t19-/m1/s1. The van der Waals surface area contributed by atoms with Crippen LogP contribution in [-0.2, 0) is 14.3 Å². The third kappa shape index (κ3) is 3.64. The molecule has 6 heteroatoms. The number of likely N-dealkylation sites (tertiary alicyclic amines) is 1. The van der Waals surface area contributed by atoms with Gasteiger partial charge in [-0.25, -0.2) is 0 Å². The lowest BCUT2D eigenvalue weighted by molar-refractivity contribution is -0.140. The van der Waals surface area contributed by atoms with E-state index in [1.807, 2.05) is 19.1 Å². The molecule has 0 radical (unpaired) electrons. The Morgan fingerprint density at radius 2 is 1.82 bits per heavy atom. The molecule has 28 heavy (non-hydrogen) atoms. The van der Waals surface area contributed by atoms with E-state index in [2.05, 4.69) is 0 Å². The average molecular weight is 381 g/mol. The number of methoxy groups -OCH3 is 2. The number of rotatable bonds is 6. The molecule has 0 bridgehead atoms. The number of carbonyl (C=O) groups is 2. The minimum absolute atomic E-state index is 0.0678. The van der Waals surface area contributed by atoms with Crippen LogP contribution < -0.4 is 4.74 Å². The molecule has 2 aromatic carbocycles. The smallest absolute Gasteiger partial charge is 0.295 e. The number of nitrogens with zero attached hydrogens (tertiary/aromatic N) is 1. The molecule has 146 valence electrons. The SMILES string of the molecule is COCCN1C(=O)C(=O)C(=C(O)c2ccc(C)cc2)[C@H]1c1cccc(OC)c1.